The molecule has 0 fully saturated rings. The van der Waals surface area contributed by atoms with Crippen LogP contribution in [0.5, 0.6) is 5.75 Å². The number of aryl methyl sites for hydroxylation is 1. The van der Waals surface area contributed by atoms with Gasteiger partial charge in [0.15, 0.2) is 11.6 Å². The Labute approximate surface area is 132 Å². The highest BCUT2D eigenvalue weighted by molar-refractivity contribution is 6.39. The Morgan fingerprint density at radius 3 is 2.71 bits per heavy atom. The minimum absolute atomic E-state index is 0.150. The minimum atomic E-state index is -0.812. The topological polar surface area (TPSA) is 69.9 Å². The molecule has 0 amide bonds. The fourth-order valence-electron chi connectivity index (χ4n) is 1.67. The molecule has 2 unspecified atom stereocenters. The minimum Gasteiger partial charge on any atom is -0.485 e. The van der Waals surface area contributed by atoms with Gasteiger partial charge >= 0.3 is 0 Å². The fourth-order valence-corrected chi connectivity index (χ4v) is 1.90. The van der Waals surface area contributed by atoms with Crippen LogP contribution in [0.4, 0.5) is 0 Å². The molecule has 1 aromatic carbocycles. The fraction of sp³-hybridized carbons (Fsp3) is 0.385. The Kier molecular flexibility index (Phi) is 5.14. The summed E-state index contributed by atoms with van der Waals surface area (Å²) in [5, 5.41) is 9.75. The number of Topliss-reactive ketones (excluding diaryl/α,β-unsaturated/α-hetero) is 1. The lowest BCUT2D eigenvalue weighted by Crippen LogP contribution is -2.23. The van der Waals surface area contributed by atoms with Gasteiger partial charge in [0.05, 0.1) is 10.9 Å². The molecule has 8 heteroatoms. The highest BCUT2D eigenvalue weighted by Crippen LogP contribution is 2.24. The zero-order chi connectivity index (χ0) is 15.4. The van der Waals surface area contributed by atoms with Crippen LogP contribution in [0, 0.1) is 0 Å². The Balaban J connectivity index is 2.17. The van der Waals surface area contributed by atoms with E-state index >= 15 is 0 Å². The van der Waals surface area contributed by atoms with Gasteiger partial charge in [0.2, 0.25) is 0 Å². The smallest absolute Gasteiger partial charge is 0.188 e. The number of hydrogen-bond acceptors (Lipinski definition) is 5. The van der Waals surface area contributed by atoms with E-state index in [0.717, 1.165) is 0 Å². The quantitative estimate of drug-likeness (QED) is 0.600. The lowest BCUT2D eigenvalue weighted by Gasteiger charge is -2.14. The maximum absolute atomic E-state index is 12.3. The molecule has 1 aromatic heterocycles. The van der Waals surface area contributed by atoms with Crippen LogP contribution in [0.2, 0.25) is 0 Å². The van der Waals surface area contributed by atoms with E-state index in [4.69, 9.17) is 27.9 Å². The van der Waals surface area contributed by atoms with E-state index in [9.17, 15) is 4.79 Å². The molecule has 0 bridgehead atoms. The molecule has 1 heterocycles. The van der Waals surface area contributed by atoms with Gasteiger partial charge in [-0.25, -0.2) is 4.68 Å². The molecule has 0 spiro atoms. The molecule has 6 nitrogen and oxygen atoms in total. The molecular formula is C13H14Cl2N4O2. The summed E-state index contributed by atoms with van der Waals surface area (Å²) in [6.07, 6.45) is 0. The number of rotatable bonds is 6. The Morgan fingerprint density at radius 2 is 2.10 bits per heavy atom. The monoisotopic (exact) mass is 328 g/mol. The Morgan fingerprint density at radius 1 is 1.38 bits per heavy atom. The number of halogens is 2. The third kappa shape index (κ3) is 3.71. The van der Waals surface area contributed by atoms with Gasteiger partial charge in [0.1, 0.15) is 17.7 Å². The molecule has 112 valence electrons. The second-order valence-electron chi connectivity index (χ2n) is 4.45. The maximum Gasteiger partial charge on any atom is 0.188 e. The molecule has 0 radical (unpaired) electrons. The Hall–Kier alpha value is -1.66. The van der Waals surface area contributed by atoms with E-state index in [1.165, 1.54) is 4.68 Å². The average Bonchev–Trinajstić information content (AvgIpc) is 2.89. The first kappa shape index (κ1) is 15.7. The van der Waals surface area contributed by atoms with Crippen LogP contribution in [0.3, 0.4) is 0 Å². The molecular weight excluding hydrogens is 315 g/mol. The summed E-state index contributed by atoms with van der Waals surface area (Å²) in [5.41, 5.74) is 0.389. The van der Waals surface area contributed by atoms with Gasteiger partial charge in [-0.2, -0.15) is 0 Å². The van der Waals surface area contributed by atoms with Crippen LogP contribution >= 0.6 is 23.2 Å². The van der Waals surface area contributed by atoms with E-state index in [-0.39, 0.29) is 12.4 Å². The number of carbonyl (C=O) groups excluding carboxylic acids is 1. The van der Waals surface area contributed by atoms with Crippen LogP contribution in [-0.2, 0) is 13.7 Å². The summed E-state index contributed by atoms with van der Waals surface area (Å²) in [6, 6.07) is 6.86. The summed E-state index contributed by atoms with van der Waals surface area (Å²) in [4.78, 5) is 12.3. The van der Waals surface area contributed by atoms with Gasteiger partial charge in [-0.05, 0) is 29.5 Å². The molecule has 0 N–H and O–H groups in total. The summed E-state index contributed by atoms with van der Waals surface area (Å²) >= 11 is 11.9. The zero-order valence-electron chi connectivity index (χ0n) is 11.5. The van der Waals surface area contributed by atoms with Crippen molar-refractivity contribution in [3.8, 4) is 5.75 Å². The maximum atomic E-state index is 12.3. The van der Waals surface area contributed by atoms with Crippen LogP contribution in [0.25, 0.3) is 0 Å². The molecule has 0 saturated heterocycles. The summed E-state index contributed by atoms with van der Waals surface area (Å²) in [5.74, 6) is 0.699. The lowest BCUT2D eigenvalue weighted by atomic mass is 10.1. The Bertz CT molecular complexity index is 630. The van der Waals surface area contributed by atoms with Crippen LogP contribution in [0.15, 0.2) is 24.3 Å². The predicted octanol–water partition coefficient (Wildman–Crippen LogP) is 2.21. The third-order valence-electron chi connectivity index (χ3n) is 2.87. The van der Waals surface area contributed by atoms with Crippen molar-refractivity contribution < 1.29 is 9.53 Å². The van der Waals surface area contributed by atoms with Crippen LogP contribution < -0.4 is 4.74 Å². The molecule has 0 aliphatic rings. The molecule has 21 heavy (non-hydrogen) atoms. The predicted molar refractivity (Wildman–Crippen MR) is 78.9 cm³/mol. The summed E-state index contributed by atoms with van der Waals surface area (Å²) in [6.45, 7) is 1.82. The van der Waals surface area contributed by atoms with E-state index in [2.05, 4.69) is 15.5 Å². The molecule has 2 aromatic rings. The van der Waals surface area contributed by atoms with E-state index in [1.807, 2.05) is 0 Å². The first-order valence-corrected chi connectivity index (χ1v) is 7.13. The van der Waals surface area contributed by atoms with Gasteiger partial charge in [-0.3, -0.25) is 4.79 Å². The number of nitrogens with zero attached hydrogens (tertiary/aromatic N) is 4. The lowest BCUT2D eigenvalue weighted by molar-refractivity contribution is 0.0982. The van der Waals surface area contributed by atoms with Gasteiger partial charge in [-0.15, -0.1) is 28.3 Å². The van der Waals surface area contributed by atoms with Gasteiger partial charge in [0.25, 0.3) is 0 Å². The standard InChI is InChI=1S/C13H14Cl2N4O2/c1-8(14)12(15)13(20)9-5-3-4-6-10(9)21-7-11-16-17-18-19(11)2/h3-6,8,12H,7H2,1-2H3. The number of ether oxygens (including phenoxy) is 1. The molecule has 0 aliphatic carbocycles. The number of alkyl halides is 2. The molecule has 0 aliphatic heterocycles. The molecule has 2 rings (SSSR count). The number of ketones is 1. The van der Waals surface area contributed by atoms with Crippen molar-refractivity contribution >= 4 is 29.0 Å². The highest BCUT2D eigenvalue weighted by atomic mass is 35.5. The first-order chi connectivity index (χ1) is 10.0. The summed E-state index contributed by atoms with van der Waals surface area (Å²) in [7, 11) is 1.71. The number of hydrogen-bond donors (Lipinski definition) is 0. The number of carbonyl (C=O) groups is 1. The average molecular weight is 329 g/mol. The number of benzene rings is 1. The first-order valence-electron chi connectivity index (χ1n) is 6.26. The number of para-hydroxylation sites is 1. The SMILES string of the molecule is CC(Cl)C(Cl)C(=O)c1ccccc1OCc1nnnn1C. The highest BCUT2D eigenvalue weighted by Gasteiger charge is 2.25. The second-order valence-corrected chi connectivity index (χ2v) is 5.61. The largest absolute Gasteiger partial charge is 0.485 e. The summed E-state index contributed by atoms with van der Waals surface area (Å²) < 4.78 is 7.12. The van der Waals surface area contributed by atoms with Crippen molar-refractivity contribution in [2.45, 2.75) is 24.3 Å². The van der Waals surface area contributed by atoms with Crippen molar-refractivity contribution in [1.29, 1.82) is 0 Å². The number of aromatic nitrogens is 4. The van der Waals surface area contributed by atoms with E-state index in [0.29, 0.717) is 17.1 Å². The van der Waals surface area contributed by atoms with Gasteiger partial charge in [0, 0.05) is 7.05 Å². The van der Waals surface area contributed by atoms with E-state index < -0.39 is 10.8 Å². The molecule has 2 atom stereocenters. The van der Waals surface area contributed by atoms with Gasteiger partial charge < -0.3 is 4.74 Å². The third-order valence-corrected chi connectivity index (χ3v) is 3.83. The van der Waals surface area contributed by atoms with Crippen molar-refractivity contribution in [1.82, 2.24) is 20.2 Å². The second kappa shape index (κ2) is 6.87. The molecule has 0 saturated carbocycles. The van der Waals surface area contributed by atoms with E-state index in [1.54, 1.807) is 38.2 Å². The van der Waals surface area contributed by atoms with Crippen molar-refractivity contribution in [3.05, 3.63) is 35.7 Å². The number of tetrazole rings is 1. The van der Waals surface area contributed by atoms with Gasteiger partial charge in [-0.1, -0.05) is 12.1 Å². The van der Waals surface area contributed by atoms with Crippen LogP contribution in [-0.4, -0.2) is 36.7 Å². The van der Waals surface area contributed by atoms with Crippen molar-refractivity contribution in [2.24, 2.45) is 7.05 Å². The normalized spacial score (nSPS) is 13.7. The zero-order valence-corrected chi connectivity index (χ0v) is 13.0. The van der Waals surface area contributed by atoms with Crippen LogP contribution in [0.1, 0.15) is 23.1 Å². The van der Waals surface area contributed by atoms with Crippen molar-refractivity contribution in [3.63, 3.8) is 0 Å². The van der Waals surface area contributed by atoms with Crippen molar-refractivity contribution in [2.75, 3.05) is 0 Å².